The molecule has 1 amide bonds. The van der Waals surface area contributed by atoms with Gasteiger partial charge in [0.15, 0.2) is 0 Å². The van der Waals surface area contributed by atoms with Crippen LogP contribution >= 0.6 is 11.8 Å². The van der Waals surface area contributed by atoms with Gasteiger partial charge in [-0.15, -0.1) is 11.8 Å². The Labute approximate surface area is 272 Å². The van der Waals surface area contributed by atoms with Gasteiger partial charge in [-0.25, -0.2) is 0 Å². The molecule has 1 aliphatic heterocycles. The van der Waals surface area contributed by atoms with Crippen LogP contribution in [0.3, 0.4) is 0 Å². The number of fused-ring (bicyclic) bond motifs is 1. The summed E-state index contributed by atoms with van der Waals surface area (Å²) in [7, 11) is 4.12. The van der Waals surface area contributed by atoms with Gasteiger partial charge in [0, 0.05) is 54.6 Å². The van der Waals surface area contributed by atoms with E-state index < -0.39 is 31.0 Å². The maximum absolute atomic E-state index is 12.8. The van der Waals surface area contributed by atoms with Crippen LogP contribution in [-0.4, -0.2) is 101 Å². The van der Waals surface area contributed by atoms with Crippen LogP contribution in [0.4, 0.5) is 11.4 Å². The summed E-state index contributed by atoms with van der Waals surface area (Å²) in [5.41, 5.74) is 4.29. The normalized spacial score (nSPS) is 20.9. The molecular formula is C34H54N4O6S. The Bertz CT molecular complexity index is 1200. The van der Waals surface area contributed by atoms with E-state index in [9.17, 15) is 25.2 Å². The zero-order chi connectivity index (χ0) is 33.0. The van der Waals surface area contributed by atoms with Crippen LogP contribution in [0, 0.1) is 0 Å². The lowest BCUT2D eigenvalue weighted by molar-refractivity contribution is -0.116. The monoisotopic (exact) mass is 646 g/mol. The molecule has 6 atom stereocenters. The molecule has 1 heterocycles. The topological polar surface area (TPSA) is 158 Å². The summed E-state index contributed by atoms with van der Waals surface area (Å²) in [6.07, 6.45) is 0.0137. The van der Waals surface area contributed by atoms with Crippen molar-refractivity contribution in [3.05, 3.63) is 53.6 Å². The fraction of sp³-hybridized carbons (Fsp3) is 0.618. The molecule has 2 unspecified atom stereocenters. The van der Waals surface area contributed by atoms with E-state index in [1.165, 1.54) is 16.9 Å². The molecule has 0 bridgehead atoms. The van der Waals surface area contributed by atoms with E-state index >= 15 is 0 Å². The minimum Gasteiger partial charge on any atom is -0.394 e. The van der Waals surface area contributed by atoms with Crippen LogP contribution in [0.2, 0.25) is 0 Å². The van der Waals surface area contributed by atoms with E-state index in [0.29, 0.717) is 25.8 Å². The quantitative estimate of drug-likeness (QED) is 0.113. The third-order valence-electron chi connectivity index (χ3n) is 8.65. The maximum Gasteiger partial charge on any atom is 0.224 e. The molecule has 8 N–H and O–H groups in total. The number of hydrogen-bond acceptors (Lipinski definition) is 10. The average Bonchev–Trinajstić information content (AvgIpc) is 3.21. The number of nitrogens with zero attached hydrogens (tertiary/aromatic N) is 1. The molecule has 0 spiro atoms. The van der Waals surface area contributed by atoms with Crippen LogP contribution in [0.1, 0.15) is 76.0 Å². The lowest BCUT2D eigenvalue weighted by atomic mass is 9.88. The van der Waals surface area contributed by atoms with Crippen molar-refractivity contribution < 1.29 is 30.3 Å². The molecule has 45 heavy (non-hydrogen) atoms. The molecule has 1 aliphatic rings. The van der Waals surface area contributed by atoms with Gasteiger partial charge in [-0.3, -0.25) is 10.1 Å². The highest BCUT2D eigenvalue weighted by Gasteiger charge is 2.36. The second-order valence-corrected chi connectivity index (χ2v) is 13.4. The summed E-state index contributed by atoms with van der Waals surface area (Å²) >= 11 is 1.93. The second kappa shape index (κ2) is 18.2. The van der Waals surface area contributed by atoms with E-state index in [4.69, 9.17) is 5.11 Å². The van der Waals surface area contributed by atoms with Crippen molar-refractivity contribution in [1.29, 1.82) is 0 Å². The maximum atomic E-state index is 12.8. The predicted molar refractivity (Wildman–Crippen MR) is 182 cm³/mol. The number of nitrogens with one attached hydrogen (secondary N) is 3. The van der Waals surface area contributed by atoms with E-state index in [1.807, 2.05) is 23.9 Å². The van der Waals surface area contributed by atoms with Crippen LogP contribution in [0.25, 0.3) is 0 Å². The number of aliphatic hydroxyl groups excluding tert-OH is 5. The highest BCUT2D eigenvalue weighted by atomic mass is 32.2. The summed E-state index contributed by atoms with van der Waals surface area (Å²) in [5.74, 6) is 0.933. The molecule has 0 aliphatic carbocycles. The number of anilines is 2. The Morgan fingerprint density at radius 2 is 1.80 bits per heavy atom. The van der Waals surface area contributed by atoms with Crippen LogP contribution < -0.4 is 20.9 Å². The molecule has 0 radical (unpaired) electrons. The zero-order valence-corrected chi connectivity index (χ0v) is 28.0. The first-order valence-corrected chi connectivity index (χ1v) is 17.2. The van der Waals surface area contributed by atoms with Gasteiger partial charge in [0.2, 0.25) is 5.91 Å². The molecule has 2 aromatic carbocycles. The molecule has 0 saturated heterocycles. The molecule has 0 fully saturated rings. The Morgan fingerprint density at radius 3 is 2.49 bits per heavy atom. The fourth-order valence-corrected chi connectivity index (χ4v) is 6.98. The number of amides is 1. The molecule has 11 heteroatoms. The number of aliphatic hydroxyl groups is 5. The summed E-state index contributed by atoms with van der Waals surface area (Å²) in [6.45, 7) is 4.30. The number of carbonyl (C=O) groups excluding carboxylic acids is 1. The molecule has 0 aromatic heterocycles. The van der Waals surface area contributed by atoms with Crippen LogP contribution in [0.5, 0.6) is 0 Å². The summed E-state index contributed by atoms with van der Waals surface area (Å²) < 4.78 is 0. The largest absolute Gasteiger partial charge is 0.394 e. The van der Waals surface area contributed by atoms with Crippen molar-refractivity contribution in [3.8, 4) is 0 Å². The van der Waals surface area contributed by atoms with Crippen molar-refractivity contribution in [2.45, 2.75) is 99.7 Å². The molecular weight excluding hydrogens is 592 g/mol. The fourth-order valence-electron chi connectivity index (χ4n) is 5.60. The Kier molecular flexibility index (Phi) is 15.1. The van der Waals surface area contributed by atoms with Gasteiger partial charge in [-0.2, -0.15) is 0 Å². The Hall–Kier alpha value is -2.22. The number of rotatable bonds is 18. The first-order valence-electron chi connectivity index (χ1n) is 16.2. The molecule has 2 aromatic rings. The summed E-state index contributed by atoms with van der Waals surface area (Å²) in [5, 5.41) is 58.1. The summed E-state index contributed by atoms with van der Waals surface area (Å²) in [6, 6.07) is 14.8. The molecule has 3 rings (SSSR count). The number of carbonyl (C=O) groups is 1. The average molecular weight is 647 g/mol. The number of benzene rings is 2. The predicted octanol–water partition coefficient (Wildman–Crippen LogP) is 3.01. The first-order chi connectivity index (χ1) is 21.5. The van der Waals surface area contributed by atoms with Crippen LogP contribution in [-0.2, 0) is 4.79 Å². The minimum absolute atomic E-state index is 0.000000587. The van der Waals surface area contributed by atoms with Crippen molar-refractivity contribution >= 4 is 29.0 Å². The van der Waals surface area contributed by atoms with Gasteiger partial charge in [0.05, 0.1) is 18.8 Å². The van der Waals surface area contributed by atoms with Crippen molar-refractivity contribution in [2.75, 3.05) is 49.8 Å². The Morgan fingerprint density at radius 1 is 1.04 bits per heavy atom. The van der Waals surface area contributed by atoms with E-state index in [2.05, 4.69) is 79.1 Å². The van der Waals surface area contributed by atoms with Gasteiger partial charge in [0.25, 0.3) is 0 Å². The number of unbranched alkanes of at least 4 members (excludes halogenated alkanes) is 2. The van der Waals surface area contributed by atoms with Gasteiger partial charge < -0.3 is 41.1 Å². The zero-order valence-electron chi connectivity index (χ0n) is 27.2. The molecule has 252 valence electrons. The second-order valence-electron chi connectivity index (χ2n) is 12.4. The SMILES string of the molecule is CCCC[C@@]1(CC)CSc2ccc(N(C)C)cc2C(c2cccc(NC(=O)CCCCNC[C@H](O)[C@@H](O)[C@H](O)C(O)CO)c2)N1. The van der Waals surface area contributed by atoms with E-state index in [1.54, 1.807) is 0 Å². The first kappa shape index (κ1) is 37.2. The third-order valence-corrected chi connectivity index (χ3v) is 10.0. The lowest BCUT2D eigenvalue weighted by Crippen LogP contribution is -2.49. The van der Waals surface area contributed by atoms with Gasteiger partial charge >= 0.3 is 0 Å². The smallest absolute Gasteiger partial charge is 0.224 e. The van der Waals surface area contributed by atoms with Gasteiger partial charge in [0.1, 0.15) is 18.3 Å². The Balaban J connectivity index is 1.62. The molecule has 0 saturated carbocycles. The standard InChI is InChI=1S/C34H54N4O6S/c1-5-7-16-34(6-2)22-45-29-15-14-25(38(3)4)19-26(29)31(37-34)23-11-10-12-24(18-23)36-30(42)13-8-9-17-35-20-27(40)32(43)33(44)28(41)21-39/h10-12,14-15,18-19,27-28,31-33,35,37,39-41,43-44H,5-9,13,16-17,20-22H2,1-4H3,(H,36,42)/t27-,28?,31?,32+,33+,34-/m0/s1. The number of thioether (sulfide) groups is 1. The van der Waals surface area contributed by atoms with Crippen molar-refractivity contribution in [1.82, 2.24) is 10.6 Å². The van der Waals surface area contributed by atoms with Gasteiger partial charge in [-0.1, -0.05) is 38.8 Å². The minimum atomic E-state index is -1.65. The number of hydrogen-bond donors (Lipinski definition) is 8. The summed E-state index contributed by atoms with van der Waals surface area (Å²) in [4.78, 5) is 16.3. The van der Waals surface area contributed by atoms with Crippen molar-refractivity contribution in [2.24, 2.45) is 0 Å². The van der Waals surface area contributed by atoms with E-state index in [0.717, 1.165) is 42.0 Å². The highest BCUT2D eigenvalue weighted by molar-refractivity contribution is 7.99. The van der Waals surface area contributed by atoms with Gasteiger partial charge in [-0.05, 0) is 73.7 Å². The lowest BCUT2D eigenvalue weighted by Gasteiger charge is -2.36. The third kappa shape index (κ3) is 10.7. The van der Waals surface area contributed by atoms with E-state index in [-0.39, 0.29) is 24.0 Å². The van der Waals surface area contributed by atoms with Crippen molar-refractivity contribution in [3.63, 3.8) is 0 Å². The highest BCUT2D eigenvalue weighted by Crippen LogP contribution is 2.42. The molecule has 10 nitrogen and oxygen atoms in total. The van der Waals surface area contributed by atoms with Crippen LogP contribution in [0.15, 0.2) is 47.4 Å².